The van der Waals surface area contributed by atoms with Crippen LogP contribution in [-0.4, -0.2) is 47.8 Å². The number of amides is 1. The Balaban J connectivity index is 1.67. The second-order valence-electron chi connectivity index (χ2n) is 7.22. The van der Waals surface area contributed by atoms with Crippen molar-refractivity contribution < 1.29 is 4.79 Å². The highest BCUT2D eigenvalue weighted by atomic mass is 32.2. The third kappa shape index (κ3) is 3.01. The van der Waals surface area contributed by atoms with Crippen molar-refractivity contribution in [2.75, 3.05) is 5.75 Å². The number of hydrogen-bond acceptors (Lipinski definition) is 5. The van der Waals surface area contributed by atoms with Crippen molar-refractivity contribution >= 4 is 34.3 Å². The first-order valence-corrected chi connectivity index (χ1v) is 10.2. The fourth-order valence-corrected chi connectivity index (χ4v) is 4.83. The van der Waals surface area contributed by atoms with Gasteiger partial charge >= 0.3 is 0 Å². The first-order chi connectivity index (χ1) is 13.0. The van der Waals surface area contributed by atoms with Crippen molar-refractivity contribution in [2.24, 2.45) is 7.05 Å². The van der Waals surface area contributed by atoms with Gasteiger partial charge in [-0.15, -0.1) is 10.2 Å². The van der Waals surface area contributed by atoms with Crippen LogP contribution >= 0.6 is 11.8 Å². The molecule has 1 aromatic carbocycles. The quantitative estimate of drug-likeness (QED) is 0.648. The molecule has 7 nitrogen and oxygen atoms in total. The monoisotopic (exact) mass is 385 g/mol. The highest BCUT2D eigenvalue weighted by Crippen LogP contribution is 2.26. The van der Waals surface area contributed by atoms with E-state index in [9.17, 15) is 9.59 Å². The molecule has 0 N–H and O–H groups in total. The van der Waals surface area contributed by atoms with E-state index in [4.69, 9.17) is 0 Å². The molecule has 1 aliphatic heterocycles. The molecule has 4 rings (SSSR count). The number of piperidine rings is 1. The molecule has 1 amide bonds. The molecule has 0 aliphatic carbocycles. The highest BCUT2D eigenvalue weighted by molar-refractivity contribution is 7.99. The third-order valence-electron chi connectivity index (χ3n) is 5.40. The molecule has 3 heterocycles. The van der Waals surface area contributed by atoms with Gasteiger partial charge in [0.25, 0.3) is 5.56 Å². The Morgan fingerprint density at radius 2 is 1.89 bits per heavy atom. The normalized spacial score (nSPS) is 20.5. The Kier molecular flexibility index (Phi) is 4.67. The molecule has 2 aromatic heterocycles. The van der Waals surface area contributed by atoms with Gasteiger partial charge in [-0.25, -0.2) is 0 Å². The third-order valence-corrected chi connectivity index (χ3v) is 6.32. The van der Waals surface area contributed by atoms with Gasteiger partial charge in [0.15, 0.2) is 5.16 Å². The summed E-state index contributed by atoms with van der Waals surface area (Å²) < 4.78 is 3.35. The van der Waals surface area contributed by atoms with Crippen molar-refractivity contribution in [3.05, 3.63) is 34.6 Å². The molecule has 0 saturated carbocycles. The van der Waals surface area contributed by atoms with Crippen molar-refractivity contribution in [3.63, 3.8) is 0 Å². The van der Waals surface area contributed by atoms with Crippen LogP contribution in [0.2, 0.25) is 0 Å². The Morgan fingerprint density at radius 3 is 2.63 bits per heavy atom. The van der Waals surface area contributed by atoms with Crippen molar-refractivity contribution in [3.8, 4) is 0 Å². The van der Waals surface area contributed by atoms with E-state index in [2.05, 4.69) is 24.0 Å². The number of aromatic nitrogens is 4. The number of rotatable bonds is 3. The number of para-hydroxylation sites is 1. The van der Waals surface area contributed by atoms with E-state index >= 15 is 0 Å². The smallest absolute Gasteiger partial charge is 0.262 e. The number of aryl methyl sites for hydroxylation is 1. The topological polar surface area (TPSA) is 72.5 Å². The summed E-state index contributed by atoms with van der Waals surface area (Å²) in [4.78, 5) is 27.3. The first kappa shape index (κ1) is 18.0. The molecule has 0 radical (unpaired) electrons. The molecular formula is C19H23N5O2S. The van der Waals surface area contributed by atoms with Crippen LogP contribution in [0.15, 0.2) is 34.2 Å². The van der Waals surface area contributed by atoms with E-state index < -0.39 is 0 Å². The Bertz CT molecular complexity index is 1060. The minimum atomic E-state index is -0.103. The molecule has 1 fully saturated rings. The van der Waals surface area contributed by atoms with Crippen molar-refractivity contribution in [1.29, 1.82) is 0 Å². The second-order valence-corrected chi connectivity index (χ2v) is 8.16. The molecule has 0 bridgehead atoms. The summed E-state index contributed by atoms with van der Waals surface area (Å²) in [6.45, 7) is 4.24. The van der Waals surface area contributed by atoms with Gasteiger partial charge in [-0.05, 0) is 45.2 Å². The summed E-state index contributed by atoms with van der Waals surface area (Å²) in [5.41, 5.74) is 0.657. The number of carbonyl (C=O) groups is 1. The molecule has 27 heavy (non-hydrogen) atoms. The Morgan fingerprint density at radius 1 is 1.19 bits per heavy atom. The summed E-state index contributed by atoms with van der Waals surface area (Å²) in [5, 5.41) is 9.66. The van der Waals surface area contributed by atoms with Crippen LogP contribution in [0.3, 0.4) is 0 Å². The molecule has 0 spiro atoms. The lowest BCUT2D eigenvalue weighted by molar-refractivity contribution is -0.134. The van der Waals surface area contributed by atoms with Gasteiger partial charge in [0, 0.05) is 19.1 Å². The number of fused-ring (bicyclic) bond motifs is 3. The van der Waals surface area contributed by atoms with Gasteiger partial charge in [-0.3, -0.25) is 18.6 Å². The molecule has 1 saturated heterocycles. The van der Waals surface area contributed by atoms with Crippen LogP contribution in [0.5, 0.6) is 0 Å². The fourth-order valence-electron chi connectivity index (χ4n) is 4.02. The van der Waals surface area contributed by atoms with Crippen LogP contribution in [0, 0.1) is 0 Å². The number of benzene rings is 1. The average molecular weight is 385 g/mol. The maximum atomic E-state index is 12.8. The zero-order valence-corrected chi connectivity index (χ0v) is 16.6. The van der Waals surface area contributed by atoms with Crippen LogP contribution in [0.25, 0.3) is 16.7 Å². The first-order valence-electron chi connectivity index (χ1n) is 9.26. The van der Waals surface area contributed by atoms with E-state index in [1.54, 1.807) is 13.1 Å². The molecule has 142 valence electrons. The van der Waals surface area contributed by atoms with E-state index in [1.165, 1.54) is 22.7 Å². The summed E-state index contributed by atoms with van der Waals surface area (Å²) in [6, 6.07) is 7.96. The maximum absolute atomic E-state index is 12.8. The minimum absolute atomic E-state index is 0.103. The maximum Gasteiger partial charge on any atom is 0.262 e. The largest absolute Gasteiger partial charge is 0.337 e. The summed E-state index contributed by atoms with van der Waals surface area (Å²) in [6.07, 6.45) is 3.29. The van der Waals surface area contributed by atoms with Crippen LogP contribution in [-0.2, 0) is 11.8 Å². The fraction of sp³-hybridized carbons (Fsp3) is 0.474. The number of likely N-dealkylation sites (tertiary alicyclic amines) is 1. The van der Waals surface area contributed by atoms with E-state index in [1.807, 2.05) is 27.5 Å². The zero-order valence-electron chi connectivity index (χ0n) is 15.8. The molecule has 1 aliphatic rings. The van der Waals surface area contributed by atoms with Gasteiger partial charge in [-0.2, -0.15) is 0 Å². The van der Waals surface area contributed by atoms with E-state index in [0.29, 0.717) is 22.1 Å². The lowest BCUT2D eigenvalue weighted by Crippen LogP contribution is -2.48. The summed E-state index contributed by atoms with van der Waals surface area (Å²) in [5.74, 6) is 0.922. The number of nitrogens with zero attached hydrogens (tertiary/aromatic N) is 5. The lowest BCUT2D eigenvalue weighted by Gasteiger charge is -2.39. The predicted molar refractivity (Wildman–Crippen MR) is 106 cm³/mol. The standard InChI is InChI=1S/C19H23N5O2S/c1-12-7-6-8-13(2)23(12)16(25)11-27-19-21-20-18-22(3)17(26)14-9-4-5-10-15(14)24(18)19/h4-5,9-10,12-13H,6-8,11H2,1-3H3. The predicted octanol–water partition coefficient (Wildman–Crippen LogP) is 2.46. The zero-order chi connectivity index (χ0) is 19.1. The summed E-state index contributed by atoms with van der Waals surface area (Å²) >= 11 is 1.37. The van der Waals surface area contributed by atoms with Gasteiger partial charge in [0.2, 0.25) is 11.7 Å². The molecule has 8 heteroatoms. The molecular weight excluding hydrogens is 362 g/mol. The summed E-state index contributed by atoms with van der Waals surface area (Å²) in [7, 11) is 1.69. The molecule has 3 aromatic rings. The molecule has 2 unspecified atom stereocenters. The number of carbonyl (C=O) groups excluding carboxylic acids is 1. The molecule has 2 atom stereocenters. The minimum Gasteiger partial charge on any atom is -0.337 e. The van der Waals surface area contributed by atoms with Gasteiger partial charge in [0.1, 0.15) is 0 Å². The number of hydrogen-bond donors (Lipinski definition) is 0. The van der Waals surface area contributed by atoms with Gasteiger partial charge in [-0.1, -0.05) is 23.9 Å². The lowest BCUT2D eigenvalue weighted by atomic mass is 9.98. The van der Waals surface area contributed by atoms with Crippen LogP contribution in [0.4, 0.5) is 0 Å². The van der Waals surface area contributed by atoms with E-state index in [0.717, 1.165) is 18.4 Å². The van der Waals surface area contributed by atoms with Crippen LogP contribution < -0.4 is 5.56 Å². The van der Waals surface area contributed by atoms with Crippen LogP contribution in [0.1, 0.15) is 33.1 Å². The van der Waals surface area contributed by atoms with Gasteiger partial charge in [0.05, 0.1) is 16.7 Å². The highest BCUT2D eigenvalue weighted by Gasteiger charge is 2.29. The van der Waals surface area contributed by atoms with E-state index in [-0.39, 0.29) is 23.6 Å². The second kappa shape index (κ2) is 6.99. The Hall–Kier alpha value is -2.35. The van der Waals surface area contributed by atoms with Crippen molar-refractivity contribution in [1.82, 2.24) is 24.1 Å². The van der Waals surface area contributed by atoms with Gasteiger partial charge < -0.3 is 4.90 Å². The average Bonchev–Trinajstić information content (AvgIpc) is 3.08. The SMILES string of the molecule is CC1CCCC(C)N1C(=O)CSc1nnc2n(C)c(=O)c3ccccc3n12. The Labute approximate surface area is 161 Å². The number of thioether (sulfide) groups is 1. The van der Waals surface area contributed by atoms with Crippen molar-refractivity contribution in [2.45, 2.75) is 50.4 Å².